The van der Waals surface area contributed by atoms with Crippen LogP contribution in [-0.4, -0.2) is 26.2 Å². The van der Waals surface area contributed by atoms with Gasteiger partial charge in [-0.2, -0.15) is 5.26 Å². The molecule has 0 aromatic heterocycles. The minimum absolute atomic E-state index is 0.294. The maximum absolute atomic E-state index is 9.44. The fourth-order valence-corrected chi connectivity index (χ4v) is 3.16. The molecule has 19 heavy (non-hydrogen) atoms. The van der Waals surface area contributed by atoms with E-state index in [9.17, 15) is 5.26 Å². The summed E-state index contributed by atoms with van der Waals surface area (Å²) in [5.41, 5.74) is 0.949. The van der Waals surface area contributed by atoms with Crippen molar-refractivity contribution in [3.63, 3.8) is 0 Å². The van der Waals surface area contributed by atoms with Crippen LogP contribution < -0.4 is 10.2 Å². The number of nitriles is 1. The Morgan fingerprint density at radius 2 is 2.16 bits per heavy atom. The summed E-state index contributed by atoms with van der Waals surface area (Å²) in [5.74, 6) is 0.466. The highest BCUT2D eigenvalue weighted by molar-refractivity contribution is 5.44. The highest BCUT2D eigenvalue weighted by Gasteiger charge is 2.41. The molecule has 1 saturated carbocycles. The lowest BCUT2D eigenvalue weighted by Crippen LogP contribution is -2.45. The van der Waals surface area contributed by atoms with Crippen molar-refractivity contribution in [1.82, 2.24) is 5.32 Å². The van der Waals surface area contributed by atoms with E-state index < -0.39 is 0 Å². The van der Waals surface area contributed by atoms with Gasteiger partial charge in [0.2, 0.25) is 0 Å². The first-order chi connectivity index (χ1) is 9.22. The Hall–Kier alpha value is -1.53. The number of hydrogen-bond acceptors (Lipinski definition) is 3. The number of nitrogens with zero attached hydrogens (tertiary/aromatic N) is 2. The third-order valence-electron chi connectivity index (χ3n) is 4.48. The van der Waals surface area contributed by atoms with Crippen LogP contribution in [0.25, 0.3) is 0 Å². The lowest BCUT2D eigenvalue weighted by Gasteiger charge is -2.30. The molecule has 0 heterocycles. The number of para-hydroxylation sites is 1. The van der Waals surface area contributed by atoms with Crippen molar-refractivity contribution in [2.45, 2.75) is 31.2 Å². The molecule has 1 aliphatic carbocycles. The van der Waals surface area contributed by atoms with Gasteiger partial charge < -0.3 is 10.2 Å². The molecule has 2 rings (SSSR count). The summed E-state index contributed by atoms with van der Waals surface area (Å²) in [6.45, 7) is 1.000. The Bertz CT molecular complexity index is 437. The second kappa shape index (κ2) is 6.08. The van der Waals surface area contributed by atoms with Gasteiger partial charge in [0.1, 0.15) is 5.54 Å². The number of hydrogen-bond donors (Lipinski definition) is 1. The van der Waals surface area contributed by atoms with Gasteiger partial charge in [0.25, 0.3) is 0 Å². The molecule has 2 unspecified atom stereocenters. The molecule has 1 N–H and O–H groups in total. The monoisotopic (exact) mass is 257 g/mol. The van der Waals surface area contributed by atoms with Crippen LogP contribution in [0.2, 0.25) is 0 Å². The first-order valence-corrected chi connectivity index (χ1v) is 7.08. The van der Waals surface area contributed by atoms with Gasteiger partial charge in [-0.25, -0.2) is 0 Å². The molecule has 3 nitrogen and oxygen atoms in total. The van der Waals surface area contributed by atoms with Crippen LogP contribution >= 0.6 is 0 Å². The molecule has 3 heteroatoms. The Balaban J connectivity index is 1.94. The summed E-state index contributed by atoms with van der Waals surface area (Å²) >= 11 is 0. The number of anilines is 1. The number of rotatable bonds is 5. The van der Waals surface area contributed by atoms with Gasteiger partial charge in [0.15, 0.2) is 0 Å². The van der Waals surface area contributed by atoms with E-state index in [4.69, 9.17) is 0 Å². The molecule has 102 valence electrons. The van der Waals surface area contributed by atoms with Gasteiger partial charge in [-0.05, 0) is 44.4 Å². The summed E-state index contributed by atoms with van der Waals surface area (Å²) < 4.78 is 0. The van der Waals surface area contributed by atoms with Gasteiger partial charge >= 0.3 is 0 Å². The van der Waals surface area contributed by atoms with E-state index in [1.165, 1.54) is 5.69 Å². The quantitative estimate of drug-likeness (QED) is 0.881. The van der Waals surface area contributed by atoms with Gasteiger partial charge in [-0.3, -0.25) is 0 Å². The summed E-state index contributed by atoms with van der Waals surface area (Å²) in [4.78, 5) is 2.27. The van der Waals surface area contributed by atoms with E-state index in [2.05, 4.69) is 47.6 Å². The molecule has 1 aliphatic rings. The summed E-state index contributed by atoms with van der Waals surface area (Å²) in [5, 5.41) is 12.7. The highest BCUT2D eigenvalue weighted by Crippen LogP contribution is 2.37. The molecule has 1 aromatic carbocycles. The van der Waals surface area contributed by atoms with Gasteiger partial charge in [-0.1, -0.05) is 24.6 Å². The van der Waals surface area contributed by atoms with E-state index in [0.717, 1.165) is 32.2 Å². The molecular formula is C16H23N3. The molecular weight excluding hydrogens is 234 g/mol. The van der Waals surface area contributed by atoms with Crippen molar-refractivity contribution in [1.29, 1.82) is 5.26 Å². The van der Waals surface area contributed by atoms with Crippen LogP contribution in [0.3, 0.4) is 0 Å². The number of nitrogens with one attached hydrogen (secondary N) is 1. The van der Waals surface area contributed by atoms with Crippen molar-refractivity contribution in [3.8, 4) is 6.07 Å². The Labute approximate surface area is 116 Å². The minimum Gasteiger partial charge on any atom is -0.375 e. The first kappa shape index (κ1) is 13.9. The predicted molar refractivity (Wildman–Crippen MR) is 79.1 cm³/mol. The third-order valence-corrected chi connectivity index (χ3v) is 4.48. The lowest BCUT2D eigenvalue weighted by molar-refractivity contribution is 0.323. The van der Waals surface area contributed by atoms with Crippen molar-refractivity contribution < 1.29 is 0 Å². The molecule has 0 aliphatic heterocycles. The van der Waals surface area contributed by atoms with E-state index in [1.807, 2.05) is 13.1 Å². The van der Waals surface area contributed by atoms with Crippen LogP contribution in [0.4, 0.5) is 5.69 Å². The van der Waals surface area contributed by atoms with Crippen LogP contribution in [0, 0.1) is 17.2 Å². The average Bonchev–Trinajstić information content (AvgIpc) is 2.89. The maximum atomic E-state index is 9.44. The zero-order chi connectivity index (χ0) is 13.7. The van der Waals surface area contributed by atoms with Crippen LogP contribution in [0.15, 0.2) is 30.3 Å². The second-order valence-electron chi connectivity index (χ2n) is 5.47. The van der Waals surface area contributed by atoms with Gasteiger partial charge in [-0.15, -0.1) is 0 Å². The number of benzene rings is 1. The SMILES string of the molecule is CNC1(C#N)CCCC1CCN(C)c1ccccc1. The topological polar surface area (TPSA) is 39.1 Å². The molecule has 1 aromatic rings. The standard InChI is InChI=1S/C16H23N3/c1-18-16(13-17)11-6-7-14(16)10-12-19(2)15-8-4-3-5-9-15/h3-5,8-9,14,18H,6-7,10-12H2,1-2H3. The Kier molecular flexibility index (Phi) is 4.44. The van der Waals surface area contributed by atoms with E-state index >= 15 is 0 Å². The largest absolute Gasteiger partial charge is 0.375 e. The molecule has 0 saturated heterocycles. The molecule has 0 amide bonds. The average molecular weight is 257 g/mol. The Morgan fingerprint density at radius 3 is 2.79 bits per heavy atom. The summed E-state index contributed by atoms with van der Waals surface area (Å²) in [6, 6.07) is 12.9. The predicted octanol–water partition coefficient (Wildman–Crippen LogP) is 2.79. The zero-order valence-corrected chi connectivity index (χ0v) is 11.9. The molecule has 0 bridgehead atoms. The molecule has 1 fully saturated rings. The maximum Gasteiger partial charge on any atom is 0.109 e. The molecule has 2 atom stereocenters. The van der Waals surface area contributed by atoms with Crippen molar-refractivity contribution in [2.75, 3.05) is 25.5 Å². The summed E-state index contributed by atoms with van der Waals surface area (Å²) in [6.07, 6.45) is 4.38. The van der Waals surface area contributed by atoms with Gasteiger partial charge in [0, 0.05) is 19.3 Å². The third kappa shape index (κ3) is 2.90. The normalized spacial score (nSPS) is 26.1. The highest BCUT2D eigenvalue weighted by atomic mass is 15.1. The molecule has 0 spiro atoms. The minimum atomic E-state index is -0.294. The summed E-state index contributed by atoms with van der Waals surface area (Å²) in [7, 11) is 4.04. The van der Waals surface area contributed by atoms with E-state index in [0.29, 0.717) is 5.92 Å². The van der Waals surface area contributed by atoms with E-state index in [1.54, 1.807) is 0 Å². The zero-order valence-electron chi connectivity index (χ0n) is 11.9. The van der Waals surface area contributed by atoms with Crippen molar-refractivity contribution in [3.05, 3.63) is 30.3 Å². The van der Waals surface area contributed by atoms with Crippen LogP contribution in [-0.2, 0) is 0 Å². The smallest absolute Gasteiger partial charge is 0.109 e. The van der Waals surface area contributed by atoms with E-state index in [-0.39, 0.29) is 5.54 Å². The van der Waals surface area contributed by atoms with Crippen molar-refractivity contribution in [2.24, 2.45) is 5.92 Å². The lowest BCUT2D eigenvalue weighted by atomic mass is 9.86. The van der Waals surface area contributed by atoms with Crippen LogP contribution in [0.5, 0.6) is 0 Å². The molecule has 0 radical (unpaired) electrons. The fraction of sp³-hybridized carbons (Fsp3) is 0.562. The van der Waals surface area contributed by atoms with Gasteiger partial charge in [0.05, 0.1) is 6.07 Å². The second-order valence-corrected chi connectivity index (χ2v) is 5.47. The Morgan fingerprint density at radius 1 is 1.42 bits per heavy atom. The van der Waals surface area contributed by atoms with Crippen molar-refractivity contribution >= 4 is 5.69 Å². The van der Waals surface area contributed by atoms with Crippen LogP contribution in [0.1, 0.15) is 25.7 Å². The first-order valence-electron chi connectivity index (χ1n) is 7.08. The fourth-order valence-electron chi connectivity index (χ4n) is 3.16.